The minimum atomic E-state index is -0.703. The molecular formula is C21H22N2O3. The number of hydrogen-bond acceptors (Lipinski definition) is 4. The molecule has 0 aromatic heterocycles. The van der Waals surface area contributed by atoms with Gasteiger partial charge in [-0.15, -0.1) is 0 Å². The van der Waals surface area contributed by atoms with Crippen molar-refractivity contribution in [3.63, 3.8) is 0 Å². The summed E-state index contributed by atoms with van der Waals surface area (Å²) in [6.45, 7) is 1.08. The topological polar surface area (TPSA) is 49.9 Å². The number of piperidine rings is 1. The van der Waals surface area contributed by atoms with Crippen molar-refractivity contribution in [1.29, 1.82) is 0 Å². The fraction of sp³-hybridized carbons (Fsp3) is 0.333. The molecule has 26 heavy (non-hydrogen) atoms. The summed E-state index contributed by atoms with van der Waals surface area (Å²) in [5.74, 6) is -0.306. The quantitative estimate of drug-likeness (QED) is 0.781. The second-order valence-corrected chi connectivity index (χ2v) is 7.20. The van der Waals surface area contributed by atoms with Crippen LogP contribution in [0.25, 0.3) is 0 Å². The molecule has 134 valence electrons. The van der Waals surface area contributed by atoms with Gasteiger partial charge in [0, 0.05) is 37.5 Å². The van der Waals surface area contributed by atoms with Crippen LogP contribution in [-0.2, 0) is 10.3 Å². The first kappa shape index (κ1) is 16.6. The van der Waals surface area contributed by atoms with E-state index in [-0.39, 0.29) is 11.9 Å². The lowest BCUT2D eigenvalue weighted by Crippen LogP contribution is -2.48. The number of hydrogen-bond donors (Lipinski definition) is 0. The maximum Gasteiger partial charge on any atom is 0.339 e. The highest BCUT2D eigenvalue weighted by atomic mass is 16.6. The summed E-state index contributed by atoms with van der Waals surface area (Å²) in [6.07, 6.45) is 1.56. The molecule has 4 rings (SSSR count). The van der Waals surface area contributed by atoms with E-state index in [1.807, 2.05) is 66.4 Å². The minimum absolute atomic E-state index is 0.0187. The van der Waals surface area contributed by atoms with E-state index in [4.69, 9.17) is 4.74 Å². The molecule has 1 unspecified atom stereocenters. The largest absolute Gasteiger partial charge is 0.449 e. The van der Waals surface area contributed by atoms with Crippen LogP contribution in [-0.4, -0.2) is 44.0 Å². The van der Waals surface area contributed by atoms with Crippen LogP contribution in [0.2, 0.25) is 0 Å². The maximum atomic E-state index is 13.0. The van der Waals surface area contributed by atoms with Crippen LogP contribution in [0.3, 0.4) is 0 Å². The van der Waals surface area contributed by atoms with Crippen molar-refractivity contribution >= 4 is 17.6 Å². The predicted octanol–water partition coefficient (Wildman–Crippen LogP) is 3.05. The molecule has 2 aliphatic heterocycles. The van der Waals surface area contributed by atoms with Gasteiger partial charge in [-0.3, -0.25) is 4.79 Å². The smallest absolute Gasteiger partial charge is 0.339 e. The van der Waals surface area contributed by atoms with Crippen molar-refractivity contribution in [3.05, 3.63) is 65.2 Å². The first-order valence-corrected chi connectivity index (χ1v) is 8.90. The fourth-order valence-corrected chi connectivity index (χ4v) is 3.93. The van der Waals surface area contributed by atoms with Gasteiger partial charge in [0.05, 0.1) is 12.1 Å². The molecule has 0 aliphatic carbocycles. The Hall–Kier alpha value is -2.82. The Labute approximate surface area is 153 Å². The Kier molecular flexibility index (Phi) is 3.94. The SMILES string of the molecule is CN(C)c1ccc(C(=O)N2CCCC3(C2)OC(=O)c2ccccc23)cc1. The van der Waals surface area contributed by atoms with Crippen LogP contribution in [0, 0.1) is 0 Å². The van der Waals surface area contributed by atoms with E-state index in [9.17, 15) is 9.59 Å². The summed E-state index contributed by atoms with van der Waals surface area (Å²) in [4.78, 5) is 29.1. The average Bonchev–Trinajstić information content (AvgIpc) is 2.93. The minimum Gasteiger partial charge on any atom is -0.449 e. The molecule has 1 fully saturated rings. The van der Waals surface area contributed by atoms with Gasteiger partial charge in [0.1, 0.15) is 0 Å². The van der Waals surface area contributed by atoms with Gasteiger partial charge in [-0.1, -0.05) is 18.2 Å². The third kappa shape index (κ3) is 2.64. The molecule has 2 aliphatic rings. The number of nitrogens with zero attached hydrogens (tertiary/aromatic N) is 2. The fourth-order valence-electron chi connectivity index (χ4n) is 3.93. The van der Waals surface area contributed by atoms with E-state index >= 15 is 0 Å². The van der Waals surface area contributed by atoms with Crippen molar-refractivity contribution in [1.82, 2.24) is 4.90 Å². The van der Waals surface area contributed by atoms with Gasteiger partial charge < -0.3 is 14.5 Å². The zero-order chi connectivity index (χ0) is 18.3. The standard InChI is InChI=1S/C21H22N2O3/c1-22(2)16-10-8-15(9-11-16)19(24)23-13-5-12-21(14-23)18-7-4-3-6-17(18)20(25)26-21/h3-4,6-11H,5,12-14H2,1-2H3. The third-order valence-electron chi connectivity index (χ3n) is 5.30. The summed E-state index contributed by atoms with van der Waals surface area (Å²) >= 11 is 0. The molecule has 1 atom stereocenters. The number of carbonyl (C=O) groups is 2. The van der Waals surface area contributed by atoms with Crippen molar-refractivity contribution in [3.8, 4) is 0 Å². The molecule has 5 heteroatoms. The van der Waals surface area contributed by atoms with Gasteiger partial charge >= 0.3 is 5.97 Å². The molecule has 0 bridgehead atoms. The Morgan fingerprint density at radius 3 is 2.58 bits per heavy atom. The van der Waals surface area contributed by atoms with Crippen LogP contribution >= 0.6 is 0 Å². The molecule has 2 aromatic carbocycles. The van der Waals surface area contributed by atoms with Crippen LogP contribution in [0.1, 0.15) is 39.1 Å². The number of esters is 1. The molecule has 0 N–H and O–H groups in total. The zero-order valence-electron chi connectivity index (χ0n) is 15.1. The summed E-state index contributed by atoms with van der Waals surface area (Å²) in [5, 5.41) is 0. The number of benzene rings is 2. The average molecular weight is 350 g/mol. The van der Waals surface area contributed by atoms with Crippen LogP contribution in [0.5, 0.6) is 0 Å². The highest BCUT2D eigenvalue weighted by Gasteiger charge is 2.48. The van der Waals surface area contributed by atoms with E-state index in [2.05, 4.69) is 0 Å². The number of anilines is 1. The lowest BCUT2D eigenvalue weighted by Gasteiger charge is -2.39. The van der Waals surface area contributed by atoms with Crippen molar-refractivity contribution in [2.24, 2.45) is 0 Å². The van der Waals surface area contributed by atoms with Gasteiger partial charge in [-0.2, -0.15) is 0 Å². The molecule has 0 saturated carbocycles. The summed E-state index contributed by atoms with van der Waals surface area (Å²) in [6, 6.07) is 15.1. The molecule has 5 nitrogen and oxygen atoms in total. The van der Waals surface area contributed by atoms with Gasteiger partial charge in [-0.25, -0.2) is 4.79 Å². The maximum absolute atomic E-state index is 13.0. The lowest BCUT2D eigenvalue weighted by atomic mass is 9.85. The van der Waals surface area contributed by atoms with Crippen molar-refractivity contribution in [2.75, 3.05) is 32.1 Å². The number of likely N-dealkylation sites (tertiary alicyclic amines) is 1. The Balaban J connectivity index is 1.60. The summed E-state index contributed by atoms with van der Waals surface area (Å²) < 4.78 is 5.79. The highest BCUT2D eigenvalue weighted by Crippen LogP contribution is 2.43. The highest BCUT2D eigenvalue weighted by molar-refractivity contribution is 5.96. The molecule has 2 heterocycles. The number of ether oxygens (including phenoxy) is 1. The van der Waals surface area contributed by atoms with Crippen LogP contribution < -0.4 is 4.90 Å². The predicted molar refractivity (Wildman–Crippen MR) is 99.4 cm³/mol. The molecule has 1 spiro atoms. The monoisotopic (exact) mass is 350 g/mol. The first-order valence-electron chi connectivity index (χ1n) is 8.90. The number of carbonyl (C=O) groups excluding carboxylic acids is 2. The van der Waals surface area contributed by atoms with Crippen molar-refractivity contribution in [2.45, 2.75) is 18.4 Å². The molecule has 1 saturated heterocycles. The van der Waals surface area contributed by atoms with Gasteiger partial charge in [0.15, 0.2) is 5.60 Å². The summed E-state index contributed by atoms with van der Waals surface area (Å²) in [5.41, 5.74) is 2.54. The lowest BCUT2D eigenvalue weighted by molar-refractivity contribution is -0.0442. The van der Waals surface area contributed by atoms with Crippen LogP contribution in [0.15, 0.2) is 48.5 Å². The van der Waals surface area contributed by atoms with E-state index < -0.39 is 5.60 Å². The van der Waals surface area contributed by atoms with Gasteiger partial charge in [0.2, 0.25) is 0 Å². The summed E-state index contributed by atoms with van der Waals surface area (Å²) in [7, 11) is 3.94. The van der Waals surface area contributed by atoms with E-state index in [1.54, 1.807) is 6.07 Å². The number of amides is 1. The second kappa shape index (κ2) is 6.16. The normalized spacial score (nSPS) is 21.5. The molecule has 0 radical (unpaired) electrons. The van der Waals surface area contributed by atoms with Gasteiger partial charge in [-0.05, 0) is 43.2 Å². The molecule has 2 aromatic rings. The van der Waals surface area contributed by atoms with E-state index in [0.717, 1.165) is 24.1 Å². The number of fused-ring (bicyclic) bond motifs is 2. The Morgan fingerprint density at radius 1 is 1.12 bits per heavy atom. The number of rotatable bonds is 2. The third-order valence-corrected chi connectivity index (χ3v) is 5.30. The Morgan fingerprint density at radius 2 is 1.85 bits per heavy atom. The van der Waals surface area contributed by atoms with E-state index in [1.165, 1.54) is 0 Å². The zero-order valence-corrected chi connectivity index (χ0v) is 15.1. The first-order chi connectivity index (χ1) is 12.5. The van der Waals surface area contributed by atoms with Crippen LogP contribution in [0.4, 0.5) is 5.69 Å². The Bertz CT molecular complexity index is 860. The van der Waals surface area contributed by atoms with E-state index in [0.29, 0.717) is 24.2 Å². The second-order valence-electron chi connectivity index (χ2n) is 7.20. The molecular weight excluding hydrogens is 328 g/mol. The van der Waals surface area contributed by atoms with Gasteiger partial charge in [0.25, 0.3) is 5.91 Å². The van der Waals surface area contributed by atoms with Crippen molar-refractivity contribution < 1.29 is 14.3 Å². The molecule has 1 amide bonds.